The van der Waals surface area contributed by atoms with Gasteiger partial charge in [0.1, 0.15) is 5.69 Å². The number of benzene rings is 1. The zero-order valence-corrected chi connectivity index (χ0v) is 12.0. The SMILES string of the molecule is CC(CN1CCCC1)NC(=O)c1ccc([N+](=O)[O-])c(N)c1. The summed E-state index contributed by atoms with van der Waals surface area (Å²) >= 11 is 0. The first kappa shape index (κ1) is 15.2. The van der Waals surface area contributed by atoms with Gasteiger partial charge in [-0.15, -0.1) is 0 Å². The molecule has 1 unspecified atom stereocenters. The third kappa shape index (κ3) is 3.91. The van der Waals surface area contributed by atoms with Crippen molar-refractivity contribution in [3.63, 3.8) is 0 Å². The molecular weight excluding hydrogens is 272 g/mol. The van der Waals surface area contributed by atoms with Gasteiger partial charge in [-0.1, -0.05) is 0 Å². The second-order valence-electron chi connectivity index (χ2n) is 5.41. The summed E-state index contributed by atoms with van der Waals surface area (Å²) in [6, 6.07) is 4.05. The van der Waals surface area contributed by atoms with E-state index in [9.17, 15) is 14.9 Å². The Kier molecular flexibility index (Phi) is 4.74. The van der Waals surface area contributed by atoms with Crippen LogP contribution in [-0.2, 0) is 0 Å². The lowest BCUT2D eigenvalue weighted by atomic mass is 10.1. The van der Waals surface area contributed by atoms with Crippen molar-refractivity contribution in [1.82, 2.24) is 10.2 Å². The summed E-state index contributed by atoms with van der Waals surface area (Å²) in [6.45, 7) is 4.91. The Labute approximate surface area is 123 Å². The zero-order valence-electron chi connectivity index (χ0n) is 12.0. The molecule has 1 atom stereocenters. The Morgan fingerprint density at radius 3 is 2.71 bits per heavy atom. The summed E-state index contributed by atoms with van der Waals surface area (Å²) in [5.41, 5.74) is 5.75. The minimum absolute atomic E-state index is 0.000143. The molecule has 1 saturated heterocycles. The first-order valence-corrected chi connectivity index (χ1v) is 7.04. The smallest absolute Gasteiger partial charge is 0.292 e. The lowest BCUT2D eigenvalue weighted by molar-refractivity contribution is -0.383. The lowest BCUT2D eigenvalue weighted by Gasteiger charge is -2.21. The van der Waals surface area contributed by atoms with E-state index in [0.717, 1.165) is 19.6 Å². The molecule has 1 fully saturated rings. The first-order valence-electron chi connectivity index (χ1n) is 7.04. The van der Waals surface area contributed by atoms with E-state index < -0.39 is 4.92 Å². The zero-order chi connectivity index (χ0) is 15.4. The Bertz CT molecular complexity index is 541. The minimum atomic E-state index is -0.562. The number of carbonyl (C=O) groups excluding carboxylic acids is 1. The topological polar surface area (TPSA) is 102 Å². The molecule has 1 amide bonds. The number of likely N-dealkylation sites (tertiary alicyclic amines) is 1. The lowest BCUT2D eigenvalue weighted by Crippen LogP contribution is -2.41. The van der Waals surface area contributed by atoms with E-state index in [1.807, 2.05) is 6.92 Å². The van der Waals surface area contributed by atoms with Crippen LogP contribution >= 0.6 is 0 Å². The number of amides is 1. The van der Waals surface area contributed by atoms with E-state index in [1.165, 1.54) is 31.0 Å². The third-order valence-corrected chi connectivity index (χ3v) is 3.59. The standard InChI is InChI=1S/C14H20N4O3/c1-10(9-17-6-2-3-7-17)16-14(19)11-4-5-13(18(20)21)12(15)8-11/h4-5,8,10H,2-3,6-7,9,15H2,1H3,(H,16,19). The van der Waals surface area contributed by atoms with E-state index in [-0.39, 0.29) is 23.3 Å². The van der Waals surface area contributed by atoms with E-state index in [0.29, 0.717) is 5.56 Å². The van der Waals surface area contributed by atoms with E-state index >= 15 is 0 Å². The number of nitrogen functional groups attached to an aromatic ring is 1. The van der Waals surface area contributed by atoms with Crippen molar-refractivity contribution >= 4 is 17.3 Å². The molecule has 0 bridgehead atoms. The van der Waals surface area contributed by atoms with Gasteiger partial charge in [0.15, 0.2) is 0 Å². The van der Waals surface area contributed by atoms with Crippen LogP contribution < -0.4 is 11.1 Å². The third-order valence-electron chi connectivity index (χ3n) is 3.59. The van der Waals surface area contributed by atoms with Crippen LogP contribution in [0.4, 0.5) is 11.4 Å². The van der Waals surface area contributed by atoms with E-state index in [1.54, 1.807) is 0 Å². The highest BCUT2D eigenvalue weighted by molar-refractivity contribution is 5.95. The second kappa shape index (κ2) is 6.53. The second-order valence-corrected chi connectivity index (χ2v) is 5.41. The number of nitrogens with one attached hydrogen (secondary N) is 1. The fourth-order valence-corrected chi connectivity index (χ4v) is 2.57. The van der Waals surface area contributed by atoms with Crippen LogP contribution in [-0.4, -0.2) is 41.4 Å². The van der Waals surface area contributed by atoms with Gasteiger partial charge in [-0.05, 0) is 45.0 Å². The molecule has 7 nitrogen and oxygen atoms in total. The van der Waals surface area contributed by atoms with Crippen molar-refractivity contribution < 1.29 is 9.72 Å². The maximum Gasteiger partial charge on any atom is 0.292 e. The minimum Gasteiger partial charge on any atom is -0.393 e. The largest absolute Gasteiger partial charge is 0.393 e. The molecule has 1 aromatic carbocycles. The number of rotatable bonds is 5. The average molecular weight is 292 g/mol. The molecule has 1 aromatic rings. The number of hydrogen-bond acceptors (Lipinski definition) is 5. The number of hydrogen-bond donors (Lipinski definition) is 2. The molecule has 7 heteroatoms. The van der Waals surface area contributed by atoms with Gasteiger partial charge in [-0.2, -0.15) is 0 Å². The Hall–Kier alpha value is -2.15. The van der Waals surface area contributed by atoms with Crippen LogP contribution in [0.2, 0.25) is 0 Å². The monoisotopic (exact) mass is 292 g/mol. The summed E-state index contributed by atoms with van der Waals surface area (Å²) in [4.78, 5) is 24.6. The predicted molar refractivity (Wildman–Crippen MR) is 80.1 cm³/mol. The molecule has 3 N–H and O–H groups in total. The molecule has 114 valence electrons. The molecular formula is C14H20N4O3. The molecule has 0 aromatic heterocycles. The molecule has 1 aliphatic rings. The number of nitro groups is 1. The summed E-state index contributed by atoms with van der Waals surface area (Å²) in [5.74, 6) is -0.261. The highest BCUT2D eigenvalue weighted by atomic mass is 16.6. The van der Waals surface area contributed by atoms with Gasteiger partial charge in [0.25, 0.3) is 11.6 Å². The van der Waals surface area contributed by atoms with Gasteiger partial charge < -0.3 is 16.0 Å². The van der Waals surface area contributed by atoms with Gasteiger partial charge in [0.2, 0.25) is 0 Å². The fraction of sp³-hybridized carbons (Fsp3) is 0.500. The van der Waals surface area contributed by atoms with Crippen molar-refractivity contribution in [3.8, 4) is 0 Å². The molecule has 0 saturated carbocycles. The Morgan fingerprint density at radius 1 is 1.48 bits per heavy atom. The normalized spacial score (nSPS) is 16.6. The average Bonchev–Trinajstić information content (AvgIpc) is 2.90. The molecule has 0 spiro atoms. The van der Waals surface area contributed by atoms with Gasteiger partial charge in [0, 0.05) is 24.2 Å². The molecule has 0 aliphatic carbocycles. The van der Waals surface area contributed by atoms with Crippen molar-refractivity contribution in [3.05, 3.63) is 33.9 Å². The van der Waals surface area contributed by atoms with Crippen LogP contribution in [0.25, 0.3) is 0 Å². The molecule has 0 radical (unpaired) electrons. The van der Waals surface area contributed by atoms with Crippen LogP contribution in [0.1, 0.15) is 30.1 Å². The van der Waals surface area contributed by atoms with Crippen molar-refractivity contribution in [2.75, 3.05) is 25.4 Å². The first-order chi connectivity index (χ1) is 9.97. The maximum absolute atomic E-state index is 12.1. The molecule has 2 rings (SSSR count). The number of carbonyl (C=O) groups is 1. The number of nitrogens with zero attached hydrogens (tertiary/aromatic N) is 2. The van der Waals surface area contributed by atoms with Crippen LogP contribution in [0.15, 0.2) is 18.2 Å². The van der Waals surface area contributed by atoms with Gasteiger partial charge >= 0.3 is 0 Å². The highest BCUT2D eigenvalue weighted by Crippen LogP contribution is 2.22. The van der Waals surface area contributed by atoms with E-state index in [2.05, 4.69) is 10.2 Å². The maximum atomic E-state index is 12.1. The van der Waals surface area contributed by atoms with Gasteiger partial charge in [-0.25, -0.2) is 0 Å². The number of anilines is 1. The molecule has 1 aliphatic heterocycles. The molecule has 1 heterocycles. The highest BCUT2D eigenvalue weighted by Gasteiger charge is 2.18. The summed E-state index contributed by atoms with van der Waals surface area (Å²) in [7, 11) is 0. The fourth-order valence-electron chi connectivity index (χ4n) is 2.57. The van der Waals surface area contributed by atoms with E-state index in [4.69, 9.17) is 5.73 Å². The predicted octanol–water partition coefficient (Wildman–Crippen LogP) is 1.39. The van der Waals surface area contributed by atoms with Crippen LogP contribution in [0.5, 0.6) is 0 Å². The Morgan fingerprint density at radius 2 is 2.14 bits per heavy atom. The summed E-state index contributed by atoms with van der Waals surface area (Å²) < 4.78 is 0. The summed E-state index contributed by atoms with van der Waals surface area (Å²) in [5, 5.41) is 13.6. The van der Waals surface area contributed by atoms with Crippen molar-refractivity contribution in [2.24, 2.45) is 0 Å². The molecule has 21 heavy (non-hydrogen) atoms. The van der Waals surface area contributed by atoms with Crippen molar-refractivity contribution in [1.29, 1.82) is 0 Å². The number of nitro benzene ring substituents is 1. The Balaban J connectivity index is 1.96. The van der Waals surface area contributed by atoms with Gasteiger partial charge in [0.05, 0.1) is 4.92 Å². The quantitative estimate of drug-likeness (QED) is 0.485. The van der Waals surface area contributed by atoms with Crippen LogP contribution in [0, 0.1) is 10.1 Å². The van der Waals surface area contributed by atoms with Crippen LogP contribution in [0.3, 0.4) is 0 Å². The number of nitrogens with two attached hydrogens (primary N) is 1. The van der Waals surface area contributed by atoms with Gasteiger partial charge in [-0.3, -0.25) is 14.9 Å². The summed E-state index contributed by atoms with van der Waals surface area (Å²) in [6.07, 6.45) is 2.42. The van der Waals surface area contributed by atoms with Crippen molar-refractivity contribution in [2.45, 2.75) is 25.8 Å².